The standard InChI is InChI=1S/C27H36O8/c1-15(28)33-18-6-9-26-21-7-8-24(3)19(17-12-22(30)32-14-17)4-5-20(24)27(21,11-10-25(26,31)13-18)35-23(26)34-16(2)29/h12,18-21,23,31H,4-11,13-14H2,1-3H3/t18-,19-,20-,21-,23+,24-,25+,26-,27-/m1/s1. The fraction of sp³-hybridized carbons (Fsp3) is 0.815. The monoisotopic (exact) mass is 488 g/mol. The van der Waals surface area contributed by atoms with Crippen LogP contribution in [0.1, 0.15) is 78.6 Å². The van der Waals surface area contributed by atoms with Crippen molar-refractivity contribution in [3.63, 3.8) is 0 Å². The van der Waals surface area contributed by atoms with Gasteiger partial charge in [-0.2, -0.15) is 0 Å². The molecule has 6 rings (SSSR count). The van der Waals surface area contributed by atoms with Crippen molar-refractivity contribution >= 4 is 17.9 Å². The molecule has 9 atom stereocenters. The first-order valence-corrected chi connectivity index (χ1v) is 13.2. The van der Waals surface area contributed by atoms with E-state index < -0.39 is 28.9 Å². The minimum atomic E-state index is -1.13. The van der Waals surface area contributed by atoms with Crippen molar-refractivity contribution in [2.75, 3.05) is 6.61 Å². The summed E-state index contributed by atoms with van der Waals surface area (Å²) in [7, 11) is 0. The molecule has 4 saturated carbocycles. The summed E-state index contributed by atoms with van der Waals surface area (Å²) in [6, 6.07) is 0. The van der Waals surface area contributed by atoms with Gasteiger partial charge in [-0.3, -0.25) is 9.59 Å². The fourth-order valence-electron chi connectivity index (χ4n) is 9.75. The van der Waals surface area contributed by atoms with E-state index in [2.05, 4.69) is 6.92 Å². The minimum Gasteiger partial charge on any atom is -0.462 e. The van der Waals surface area contributed by atoms with Gasteiger partial charge in [-0.15, -0.1) is 0 Å². The van der Waals surface area contributed by atoms with Gasteiger partial charge < -0.3 is 24.1 Å². The molecule has 35 heavy (non-hydrogen) atoms. The number of esters is 3. The second-order valence-electron chi connectivity index (χ2n) is 12.2. The van der Waals surface area contributed by atoms with E-state index in [1.54, 1.807) is 6.08 Å². The van der Waals surface area contributed by atoms with Gasteiger partial charge in [0.1, 0.15) is 12.7 Å². The second-order valence-corrected chi connectivity index (χ2v) is 12.2. The first kappa shape index (κ1) is 23.5. The number of ether oxygens (including phenoxy) is 4. The number of cyclic esters (lactones) is 1. The summed E-state index contributed by atoms with van der Waals surface area (Å²) in [5.74, 6) is -0.437. The van der Waals surface area contributed by atoms with Gasteiger partial charge in [-0.05, 0) is 74.2 Å². The topological polar surface area (TPSA) is 108 Å². The third-order valence-electron chi connectivity index (χ3n) is 10.8. The van der Waals surface area contributed by atoms with E-state index in [0.29, 0.717) is 38.7 Å². The molecule has 4 aliphatic carbocycles. The maximum Gasteiger partial charge on any atom is 0.331 e. The van der Waals surface area contributed by atoms with E-state index in [1.807, 2.05) is 0 Å². The van der Waals surface area contributed by atoms with E-state index in [0.717, 1.165) is 31.3 Å². The van der Waals surface area contributed by atoms with Gasteiger partial charge in [-0.1, -0.05) is 6.92 Å². The van der Waals surface area contributed by atoms with E-state index in [1.165, 1.54) is 13.8 Å². The zero-order valence-electron chi connectivity index (χ0n) is 20.8. The molecular formula is C27H36O8. The maximum absolute atomic E-state index is 12.2. The molecule has 8 heteroatoms. The lowest BCUT2D eigenvalue weighted by Gasteiger charge is -2.63. The lowest BCUT2D eigenvalue weighted by Crippen LogP contribution is -2.67. The number of fused-ring (bicyclic) bond motifs is 1. The smallest absolute Gasteiger partial charge is 0.331 e. The van der Waals surface area contributed by atoms with Gasteiger partial charge in [0, 0.05) is 32.3 Å². The van der Waals surface area contributed by atoms with E-state index in [4.69, 9.17) is 18.9 Å². The Balaban J connectivity index is 1.39. The summed E-state index contributed by atoms with van der Waals surface area (Å²) in [6.45, 7) is 5.50. The fourth-order valence-corrected chi connectivity index (χ4v) is 9.75. The number of aliphatic hydroxyl groups is 1. The number of hydrogen-bond acceptors (Lipinski definition) is 8. The molecule has 5 fully saturated rings. The average Bonchev–Trinajstić information content (AvgIpc) is 3.40. The lowest BCUT2D eigenvalue weighted by atomic mass is 9.42. The highest BCUT2D eigenvalue weighted by atomic mass is 16.7. The lowest BCUT2D eigenvalue weighted by molar-refractivity contribution is -0.243. The molecule has 2 heterocycles. The Morgan fingerprint density at radius 3 is 2.46 bits per heavy atom. The van der Waals surface area contributed by atoms with Crippen LogP contribution >= 0.6 is 0 Å². The highest BCUT2D eigenvalue weighted by Crippen LogP contribution is 2.76. The number of carbonyl (C=O) groups excluding carboxylic acids is 3. The third-order valence-corrected chi connectivity index (χ3v) is 10.8. The Hall–Kier alpha value is -1.93. The van der Waals surface area contributed by atoms with Crippen LogP contribution in [0.4, 0.5) is 0 Å². The molecule has 1 N–H and O–H groups in total. The predicted molar refractivity (Wildman–Crippen MR) is 121 cm³/mol. The average molecular weight is 489 g/mol. The van der Waals surface area contributed by atoms with Crippen molar-refractivity contribution in [2.24, 2.45) is 28.6 Å². The Kier molecular flexibility index (Phi) is 5.06. The predicted octanol–water partition coefficient (Wildman–Crippen LogP) is 3.20. The summed E-state index contributed by atoms with van der Waals surface area (Å²) in [6.07, 6.45) is 7.06. The van der Waals surface area contributed by atoms with Crippen LogP contribution in [0.5, 0.6) is 0 Å². The Bertz CT molecular complexity index is 1010. The van der Waals surface area contributed by atoms with Crippen molar-refractivity contribution < 1.29 is 38.4 Å². The zero-order chi connectivity index (χ0) is 24.8. The van der Waals surface area contributed by atoms with E-state index in [-0.39, 0.29) is 41.2 Å². The van der Waals surface area contributed by atoms with Crippen LogP contribution in [0.2, 0.25) is 0 Å². The quantitative estimate of drug-likeness (QED) is 0.477. The molecule has 1 spiro atoms. The van der Waals surface area contributed by atoms with Crippen molar-refractivity contribution in [1.29, 1.82) is 0 Å². The summed E-state index contributed by atoms with van der Waals surface area (Å²) in [4.78, 5) is 35.7. The largest absolute Gasteiger partial charge is 0.462 e. The summed E-state index contributed by atoms with van der Waals surface area (Å²) >= 11 is 0. The first-order chi connectivity index (χ1) is 16.5. The van der Waals surface area contributed by atoms with E-state index in [9.17, 15) is 19.5 Å². The summed E-state index contributed by atoms with van der Waals surface area (Å²) in [5.41, 5.74) is -1.28. The molecule has 0 amide bonds. The van der Waals surface area contributed by atoms with Crippen molar-refractivity contribution in [3.8, 4) is 0 Å². The van der Waals surface area contributed by atoms with Gasteiger partial charge >= 0.3 is 17.9 Å². The molecule has 6 aliphatic rings. The van der Waals surface area contributed by atoms with Crippen LogP contribution < -0.4 is 0 Å². The van der Waals surface area contributed by atoms with E-state index >= 15 is 0 Å². The normalized spacial score (nSPS) is 49.9. The van der Waals surface area contributed by atoms with Crippen LogP contribution in [0.25, 0.3) is 0 Å². The number of rotatable bonds is 3. The molecule has 0 radical (unpaired) electrons. The first-order valence-electron chi connectivity index (χ1n) is 13.2. The van der Waals surface area contributed by atoms with Gasteiger partial charge in [-0.25, -0.2) is 4.79 Å². The number of hydrogen-bond donors (Lipinski definition) is 1. The molecule has 2 bridgehead atoms. The van der Waals surface area contributed by atoms with Crippen molar-refractivity contribution in [3.05, 3.63) is 11.6 Å². The molecule has 1 saturated heterocycles. The van der Waals surface area contributed by atoms with Crippen LogP contribution in [-0.4, -0.2) is 53.2 Å². The highest BCUT2D eigenvalue weighted by molar-refractivity contribution is 5.85. The highest BCUT2D eigenvalue weighted by Gasteiger charge is 2.80. The second kappa shape index (κ2) is 7.54. The molecule has 0 aromatic rings. The molecule has 8 nitrogen and oxygen atoms in total. The van der Waals surface area contributed by atoms with Gasteiger partial charge in [0.05, 0.1) is 16.6 Å². The molecular weight excluding hydrogens is 452 g/mol. The SMILES string of the molecule is CC(=O)O[C@@H]1CC[C@@]23[C@@H](OC(C)=O)O[C@]4(CC[C@]2(O)C1)[C@@H]1CC[C@H](C2=CC(=O)OC2)[C@@]1(C)CC[C@@H]43. The van der Waals surface area contributed by atoms with Crippen molar-refractivity contribution in [1.82, 2.24) is 0 Å². The van der Waals surface area contributed by atoms with Crippen LogP contribution in [0, 0.1) is 28.6 Å². The van der Waals surface area contributed by atoms with Crippen LogP contribution in [0.3, 0.4) is 0 Å². The van der Waals surface area contributed by atoms with Crippen LogP contribution in [0.15, 0.2) is 11.6 Å². The molecule has 192 valence electrons. The molecule has 0 unspecified atom stereocenters. The molecule has 2 aliphatic heterocycles. The summed E-state index contributed by atoms with van der Waals surface area (Å²) < 4.78 is 23.6. The number of carbonyl (C=O) groups is 3. The molecule has 0 aromatic carbocycles. The van der Waals surface area contributed by atoms with Gasteiger partial charge in [0.25, 0.3) is 0 Å². The van der Waals surface area contributed by atoms with Crippen molar-refractivity contribution in [2.45, 2.75) is 102 Å². The Morgan fingerprint density at radius 2 is 1.77 bits per heavy atom. The Morgan fingerprint density at radius 1 is 1.00 bits per heavy atom. The third kappa shape index (κ3) is 3.02. The maximum atomic E-state index is 12.2. The van der Waals surface area contributed by atoms with Gasteiger partial charge in [0.2, 0.25) is 6.29 Å². The van der Waals surface area contributed by atoms with Gasteiger partial charge in [0.15, 0.2) is 0 Å². The summed E-state index contributed by atoms with van der Waals surface area (Å²) in [5, 5.41) is 12.2. The van der Waals surface area contributed by atoms with Crippen LogP contribution in [-0.2, 0) is 33.3 Å². The molecule has 0 aromatic heterocycles. The Labute approximate surface area is 205 Å². The minimum absolute atomic E-state index is 0.0486. The zero-order valence-corrected chi connectivity index (χ0v) is 20.8.